The summed E-state index contributed by atoms with van der Waals surface area (Å²) in [5, 5.41) is 13.9. The van der Waals surface area contributed by atoms with E-state index in [1.807, 2.05) is 12.1 Å². The predicted molar refractivity (Wildman–Crippen MR) is 52.6 cm³/mol. The summed E-state index contributed by atoms with van der Waals surface area (Å²) in [6.45, 7) is 1.86. The van der Waals surface area contributed by atoms with Crippen molar-refractivity contribution in [2.75, 3.05) is 13.1 Å². The number of aromatic nitrogens is 1. The fourth-order valence-corrected chi connectivity index (χ4v) is 2.86. The summed E-state index contributed by atoms with van der Waals surface area (Å²) in [6, 6.07) is 3.88. The lowest BCUT2D eigenvalue weighted by Crippen LogP contribution is -2.64. The molecule has 0 spiro atoms. The number of piperidine rings is 2. The van der Waals surface area contributed by atoms with Gasteiger partial charge in [-0.25, -0.2) is 0 Å². The molecule has 2 N–H and O–H groups in total. The predicted octanol–water partition coefficient (Wildman–Crippen LogP) is 0.508. The summed E-state index contributed by atoms with van der Waals surface area (Å²) in [5.74, 6) is 0.760. The molecule has 0 radical (unpaired) electrons. The average molecular weight is 190 g/mol. The molecular formula is C11H14N2O. The lowest BCUT2D eigenvalue weighted by Gasteiger charge is -2.56. The molecule has 1 aromatic rings. The number of nitrogens with one attached hydrogen (secondary N) is 1. The van der Waals surface area contributed by atoms with Crippen LogP contribution in [0.1, 0.15) is 12.0 Å². The van der Waals surface area contributed by atoms with E-state index in [1.165, 1.54) is 0 Å². The zero-order chi connectivity index (χ0) is 9.60. The monoisotopic (exact) mass is 190 g/mol. The Labute approximate surface area is 83.2 Å². The van der Waals surface area contributed by atoms with Crippen molar-refractivity contribution in [1.82, 2.24) is 10.3 Å². The SMILES string of the molecule is OC1(c2cccnc2)C2CNCC1C2. The van der Waals surface area contributed by atoms with Crippen LogP contribution in [0, 0.1) is 11.8 Å². The van der Waals surface area contributed by atoms with Crippen LogP contribution in [0.5, 0.6) is 0 Å². The Hall–Kier alpha value is -0.930. The van der Waals surface area contributed by atoms with E-state index in [1.54, 1.807) is 12.4 Å². The highest BCUT2D eigenvalue weighted by atomic mass is 16.3. The first kappa shape index (κ1) is 8.38. The summed E-state index contributed by atoms with van der Waals surface area (Å²) < 4.78 is 0. The van der Waals surface area contributed by atoms with Crippen LogP contribution in [0.4, 0.5) is 0 Å². The highest BCUT2D eigenvalue weighted by molar-refractivity contribution is 5.26. The molecule has 0 aromatic carbocycles. The molecule has 2 unspecified atom stereocenters. The molecule has 1 aliphatic heterocycles. The smallest absolute Gasteiger partial charge is 0.0991 e. The molecule has 2 aliphatic rings. The van der Waals surface area contributed by atoms with E-state index >= 15 is 0 Å². The maximum Gasteiger partial charge on any atom is 0.0991 e. The molecule has 2 bridgehead atoms. The third kappa shape index (κ3) is 0.913. The van der Waals surface area contributed by atoms with Gasteiger partial charge in [0, 0.05) is 42.9 Å². The van der Waals surface area contributed by atoms with Crippen LogP contribution >= 0.6 is 0 Å². The molecule has 74 valence electrons. The fraction of sp³-hybridized carbons (Fsp3) is 0.545. The molecule has 3 nitrogen and oxygen atoms in total. The van der Waals surface area contributed by atoms with Gasteiger partial charge in [0.2, 0.25) is 0 Å². The van der Waals surface area contributed by atoms with Gasteiger partial charge in [0.05, 0.1) is 5.60 Å². The van der Waals surface area contributed by atoms with Crippen molar-refractivity contribution in [2.24, 2.45) is 11.8 Å². The number of hydrogen-bond donors (Lipinski definition) is 2. The second-order valence-corrected chi connectivity index (χ2v) is 4.35. The minimum Gasteiger partial charge on any atom is -0.384 e. The number of hydrogen-bond acceptors (Lipinski definition) is 3. The average Bonchev–Trinajstić information content (AvgIpc) is 2.30. The van der Waals surface area contributed by atoms with E-state index in [4.69, 9.17) is 0 Å². The fourth-order valence-electron chi connectivity index (χ4n) is 2.86. The van der Waals surface area contributed by atoms with E-state index in [2.05, 4.69) is 10.3 Å². The highest BCUT2D eigenvalue weighted by Gasteiger charge is 2.56. The minimum absolute atomic E-state index is 0.380. The Kier molecular flexibility index (Phi) is 1.66. The van der Waals surface area contributed by atoms with E-state index in [0.717, 1.165) is 25.1 Å². The highest BCUT2D eigenvalue weighted by Crippen LogP contribution is 2.52. The largest absolute Gasteiger partial charge is 0.384 e. The molecule has 3 heteroatoms. The molecule has 14 heavy (non-hydrogen) atoms. The van der Waals surface area contributed by atoms with Gasteiger partial charge in [-0.2, -0.15) is 0 Å². The first-order valence-electron chi connectivity index (χ1n) is 5.15. The van der Waals surface area contributed by atoms with Crippen molar-refractivity contribution >= 4 is 0 Å². The molecule has 2 fully saturated rings. The Morgan fingerprint density at radius 2 is 2.21 bits per heavy atom. The Morgan fingerprint density at radius 1 is 1.43 bits per heavy atom. The summed E-state index contributed by atoms with van der Waals surface area (Å²) in [6.07, 6.45) is 4.70. The van der Waals surface area contributed by atoms with Crippen LogP contribution in [-0.4, -0.2) is 23.2 Å². The maximum absolute atomic E-state index is 10.6. The van der Waals surface area contributed by atoms with E-state index in [0.29, 0.717) is 11.8 Å². The maximum atomic E-state index is 10.6. The van der Waals surface area contributed by atoms with Crippen LogP contribution in [0.2, 0.25) is 0 Å². The summed E-state index contributed by atoms with van der Waals surface area (Å²) in [7, 11) is 0. The van der Waals surface area contributed by atoms with Gasteiger partial charge in [0.25, 0.3) is 0 Å². The van der Waals surface area contributed by atoms with Gasteiger partial charge in [-0.05, 0) is 12.5 Å². The van der Waals surface area contributed by atoms with Gasteiger partial charge in [0.1, 0.15) is 0 Å². The standard InChI is InChI=1S/C11H14N2O/c14-11(8-2-1-3-12-5-8)9-4-10(11)7-13-6-9/h1-3,5,9-10,13-14H,4,6-7H2. The van der Waals surface area contributed by atoms with Crippen molar-refractivity contribution < 1.29 is 5.11 Å². The molecule has 1 aromatic heterocycles. The third-order valence-corrected chi connectivity index (χ3v) is 3.72. The first-order chi connectivity index (χ1) is 6.82. The van der Waals surface area contributed by atoms with Crippen LogP contribution in [0.3, 0.4) is 0 Å². The van der Waals surface area contributed by atoms with Crippen LogP contribution < -0.4 is 5.32 Å². The van der Waals surface area contributed by atoms with Crippen molar-refractivity contribution in [3.05, 3.63) is 30.1 Å². The van der Waals surface area contributed by atoms with E-state index < -0.39 is 5.60 Å². The summed E-state index contributed by atoms with van der Waals surface area (Å²) >= 11 is 0. The molecule has 0 amide bonds. The van der Waals surface area contributed by atoms with Crippen molar-refractivity contribution in [3.63, 3.8) is 0 Å². The lowest BCUT2D eigenvalue weighted by molar-refractivity contribution is -0.175. The molecule has 2 heterocycles. The zero-order valence-electron chi connectivity index (χ0n) is 7.98. The van der Waals surface area contributed by atoms with Crippen molar-refractivity contribution in [1.29, 1.82) is 0 Å². The second-order valence-electron chi connectivity index (χ2n) is 4.35. The second kappa shape index (κ2) is 2.78. The normalized spacial score (nSPS) is 40.4. The Morgan fingerprint density at radius 3 is 2.79 bits per heavy atom. The quantitative estimate of drug-likeness (QED) is 0.678. The number of aliphatic hydroxyl groups is 1. The first-order valence-corrected chi connectivity index (χ1v) is 5.15. The minimum atomic E-state index is -0.598. The number of rotatable bonds is 1. The van der Waals surface area contributed by atoms with Gasteiger partial charge >= 0.3 is 0 Å². The van der Waals surface area contributed by atoms with E-state index in [9.17, 15) is 5.11 Å². The van der Waals surface area contributed by atoms with Gasteiger partial charge in [-0.1, -0.05) is 6.07 Å². The number of nitrogens with zero attached hydrogens (tertiary/aromatic N) is 1. The summed E-state index contributed by atoms with van der Waals surface area (Å²) in [4.78, 5) is 4.08. The van der Waals surface area contributed by atoms with Gasteiger partial charge in [-0.15, -0.1) is 0 Å². The Bertz CT molecular complexity index is 324. The van der Waals surface area contributed by atoms with E-state index in [-0.39, 0.29) is 0 Å². The molecule has 1 saturated heterocycles. The molecule has 2 atom stereocenters. The van der Waals surface area contributed by atoms with Gasteiger partial charge < -0.3 is 10.4 Å². The van der Waals surface area contributed by atoms with Crippen molar-refractivity contribution in [3.8, 4) is 0 Å². The molecule has 1 aliphatic carbocycles. The number of pyridine rings is 1. The topological polar surface area (TPSA) is 45.2 Å². The molecule has 3 rings (SSSR count). The summed E-state index contributed by atoms with van der Waals surface area (Å²) in [5.41, 5.74) is 0.391. The number of fused-ring (bicyclic) bond motifs is 2. The lowest BCUT2D eigenvalue weighted by atomic mass is 9.56. The van der Waals surface area contributed by atoms with Gasteiger partial charge in [0.15, 0.2) is 0 Å². The zero-order valence-corrected chi connectivity index (χ0v) is 7.98. The molecular weight excluding hydrogens is 176 g/mol. The van der Waals surface area contributed by atoms with Crippen LogP contribution in [-0.2, 0) is 5.60 Å². The van der Waals surface area contributed by atoms with Crippen molar-refractivity contribution in [2.45, 2.75) is 12.0 Å². The molecule has 1 saturated carbocycles. The van der Waals surface area contributed by atoms with Gasteiger partial charge in [-0.3, -0.25) is 4.98 Å². The van der Waals surface area contributed by atoms with Crippen LogP contribution in [0.15, 0.2) is 24.5 Å². The van der Waals surface area contributed by atoms with Crippen LogP contribution in [0.25, 0.3) is 0 Å². The Balaban J connectivity index is 1.98. The third-order valence-electron chi connectivity index (χ3n) is 3.72.